The van der Waals surface area contributed by atoms with Crippen LogP contribution in [0.1, 0.15) is 31.4 Å². The Morgan fingerprint density at radius 1 is 1.59 bits per heavy atom. The highest BCUT2D eigenvalue weighted by molar-refractivity contribution is 7.17. The van der Waals surface area contributed by atoms with Crippen molar-refractivity contribution >= 4 is 27.6 Å². The number of rotatable bonds is 3. The van der Waals surface area contributed by atoms with Gasteiger partial charge in [-0.15, -0.1) is 11.3 Å². The molecule has 118 valence electrons. The second-order valence-electron chi connectivity index (χ2n) is 5.72. The molecular formula is C16H21N3O2S. The number of nitrogens with one attached hydrogen (secondary N) is 1. The van der Waals surface area contributed by atoms with Gasteiger partial charge in [0.15, 0.2) is 0 Å². The van der Waals surface area contributed by atoms with E-state index in [-0.39, 0.29) is 12.1 Å². The zero-order chi connectivity index (χ0) is 15.5. The van der Waals surface area contributed by atoms with E-state index in [0.29, 0.717) is 12.6 Å². The summed E-state index contributed by atoms with van der Waals surface area (Å²) >= 11 is 1.71. The maximum Gasteiger partial charge on any atom is 0.409 e. The third-order valence-corrected chi connectivity index (χ3v) is 5.02. The lowest BCUT2D eigenvalue weighted by molar-refractivity contribution is 0.106. The van der Waals surface area contributed by atoms with E-state index in [9.17, 15) is 4.79 Å². The second-order valence-corrected chi connectivity index (χ2v) is 6.66. The Kier molecular flexibility index (Phi) is 4.59. The number of hydrogen-bond donors (Lipinski definition) is 1. The number of fused-ring (bicyclic) bond motifs is 1. The van der Waals surface area contributed by atoms with Crippen LogP contribution in [-0.4, -0.2) is 42.2 Å². The summed E-state index contributed by atoms with van der Waals surface area (Å²) in [5.41, 5.74) is 2.24. The van der Waals surface area contributed by atoms with Crippen LogP contribution in [0.2, 0.25) is 0 Å². The number of carbonyl (C=O) groups excluding carboxylic acids is 1. The monoisotopic (exact) mass is 319 g/mol. The first-order chi connectivity index (χ1) is 10.7. The fourth-order valence-corrected chi connectivity index (χ4v) is 3.75. The van der Waals surface area contributed by atoms with Crippen LogP contribution in [0.3, 0.4) is 0 Å². The van der Waals surface area contributed by atoms with Crippen LogP contribution in [0.15, 0.2) is 23.7 Å². The molecule has 0 bridgehead atoms. The average molecular weight is 319 g/mol. The molecule has 2 aromatic heterocycles. The van der Waals surface area contributed by atoms with Crippen molar-refractivity contribution in [1.82, 2.24) is 15.2 Å². The topological polar surface area (TPSA) is 54.5 Å². The summed E-state index contributed by atoms with van der Waals surface area (Å²) in [7, 11) is 1.43. The van der Waals surface area contributed by atoms with Crippen LogP contribution >= 0.6 is 11.3 Å². The Labute approximate surface area is 134 Å². The SMILES string of the molecule is COC(=O)N1CCC[C@H](N[C@H](C)c2cnc3ccsc3c2)C1. The van der Waals surface area contributed by atoms with Gasteiger partial charge in [-0.2, -0.15) is 0 Å². The van der Waals surface area contributed by atoms with Crippen LogP contribution in [-0.2, 0) is 4.74 Å². The minimum atomic E-state index is -0.235. The Hall–Kier alpha value is -1.66. The highest BCUT2D eigenvalue weighted by Crippen LogP contribution is 2.23. The van der Waals surface area contributed by atoms with Gasteiger partial charge in [0.25, 0.3) is 0 Å². The molecule has 6 heteroatoms. The molecule has 0 saturated carbocycles. The van der Waals surface area contributed by atoms with E-state index in [1.165, 1.54) is 17.4 Å². The minimum Gasteiger partial charge on any atom is -0.453 e. The van der Waals surface area contributed by atoms with E-state index in [4.69, 9.17) is 4.74 Å². The minimum absolute atomic E-state index is 0.210. The number of thiophene rings is 1. The summed E-state index contributed by atoms with van der Waals surface area (Å²) in [6.07, 6.45) is 3.78. The predicted molar refractivity (Wildman–Crippen MR) is 88.2 cm³/mol. The molecule has 2 atom stereocenters. The maximum absolute atomic E-state index is 11.7. The number of hydrogen-bond acceptors (Lipinski definition) is 5. The highest BCUT2D eigenvalue weighted by atomic mass is 32.1. The molecule has 0 radical (unpaired) electrons. The average Bonchev–Trinajstić information content (AvgIpc) is 3.01. The first kappa shape index (κ1) is 15.2. The van der Waals surface area contributed by atoms with Crippen molar-refractivity contribution in [3.05, 3.63) is 29.3 Å². The number of methoxy groups -OCH3 is 1. The number of carbonyl (C=O) groups is 1. The van der Waals surface area contributed by atoms with E-state index in [2.05, 4.69) is 28.7 Å². The summed E-state index contributed by atoms with van der Waals surface area (Å²) in [5, 5.41) is 5.68. The fraction of sp³-hybridized carbons (Fsp3) is 0.500. The Bertz CT molecular complexity index is 658. The van der Waals surface area contributed by atoms with Gasteiger partial charge in [-0.05, 0) is 42.8 Å². The quantitative estimate of drug-likeness (QED) is 0.944. The van der Waals surface area contributed by atoms with Crippen LogP contribution < -0.4 is 5.32 Å². The largest absolute Gasteiger partial charge is 0.453 e. The van der Waals surface area contributed by atoms with Crippen molar-refractivity contribution < 1.29 is 9.53 Å². The molecule has 5 nitrogen and oxygen atoms in total. The molecule has 1 N–H and O–H groups in total. The molecule has 22 heavy (non-hydrogen) atoms. The predicted octanol–water partition coefficient (Wildman–Crippen LogP) is 3.18. The molecule has 0 unspecified atom stereocenters. The van der Waals surface area contributed by atoms with Gasteiger partial charge in [0.05, 0.1) is 17.3 Å². The van der Waals surface area contributed by atoms with Gasteiger partial charge in [0.1, 0.15) is 0 Å². The lowest BCUT2D eigenvalue weighted by Gasteiger charge is -2.33. The summed E-state index contributed by atoms with van der Waals surface area (Å²) in [6.45, 7) is 3.63. The van der Waals surface area contributed by atoms with Crippen LogP contribution in [0.5, 0.6) is 0 Å². The van der Waals surface area contributed by atoms with Gasteiger partial charge in [-0.25, -0.2) is 4.79 Å². The smallest absolute Gasteiger partial charge is 0.409 e. The number of likely N-dealkylation sites (tertiary alicyclic amines) is 1. The molecule has 1 aliphatic rings. The van der Waals surface area contributed by atoms with Crippen molar-refractivity contribution in [3.8, 4) is 0 Å². The van der Waals surface area contributed by atoms with Crippen LogP contribution in [0.25, 0.3) is 10.2 Å². The Morgan fingerprint density at radius 2 is 2.45 bits per heavy atom. The van der Waals surface area contributed by atoms with E-state index in [1.54, 1.807) is 16.2 Å². The zero-order valence-corrected chi connectivity index (χ0v) is 13.7. The number of pyridine rings is 1. The van der Waals surface area contributed by atoms with E-state index in [1.807, 2.05) is 12.3 Å². The number of ether oxygens (including phenoxy) is 1. The summed E-state index contributed by atoms with van der Waals surface area (Å²) < 4.78 is 6.03. The molecule has 1 amide bonds. The molecule has 1 aliphatic heterocycles. The van der Waals surface area contributed by atoms with Crippen molar-refractivity contribution in [3.63, 3.8) is 0 Å². The van der Waals surface area contributed by atoms with Crippen molar-refractivity contribution in [2.75, 3.05) is 20.2 Å². The second kappa shape index (κ2) is 6.62. The van der Waals surface area contributed by atoms with Gasteiger partial charge in [0, 0.05) is 31.4 Å². The molecular weight excluding hydrogens is 298 g/mol. The van der Waals surface area contributed by atoms with Crippen molar-refractivity contribution in [2.45, 2.75) is 31.8 Å². The number of amides is 1. The number of piperidine rings is 1. The van der Waals surface area contributed by atoms with Gasteiger partial charge >= 0.3 is 6.09 Å². The molecule has 0 spiro atoms. The lowest BCUT2D eigenvalue weighted by Crippen LogP contribution is -2.48. The molecule has 2 aromatic rings. The van der Waals surface area contributed by atoms with Crippen molar-refractivity contribution in [2.24, 2.45) is 0 Å². The standard InChI is InChI=1S/C16H21N3O2S/c1-11(12-8-15-14(17-9-12)5-7-22-15)18-13-4-3-6-19(10-13)16(20)21-2/h5,7-9,11,13,18H,3-4,6,10H2,1-2H3/t11-,13+/m1/s1. The molecule has 0 aliphatic carbocycles. The Morgan fingerprint density at radius 3 is 3.27 bits per heavy atom. The molecule has 3 rings (SSSR count). The van der Waals surface area contributed by atoms with Gasteiger partial charge in [-0.3, -0.25) is 4.98 Å². The highest BCUT2D eigenvalue weighted by Gasteiger charge is 2.25. The number of aromatic nitrogens is 1. The van der Waals surface area contributed by atoms with E-state index >= 15 is 0 Å². The lowest BCUT2D eigenvalue weighted by atomic mass is 10.0. The van der Waals surface area contributed by atoms with Crippen LogP contribution in [0, 0.1) is 0 Å². The molecule has 1 fully saturated rings. The normalized spacial score (nSPS) is 20.1. The maximum atomic E-state index is 11.7. The summed E-state index contributed by atoms with van der Waals surface area (Å²) in [5.74, 6) is 0. The van der Waals surface area contributed by atoms with Crippen molar-refractivity contribution in [1.29, 1.82) is 0 Å². The zero-order valence-electron chi connectivity index (χ0n) is 12.9. The van der Waals surface area contributed by atoms with Gasteiger partial charge in [0.2, 0.25) is 0 Å². The molecule has 1 saturated heterocycles. The molecule has 3 heterocycles. The Balaban J connectivity index is 1.65. The number of nitrogens with zero attached hydrogens (tertiary/aromatic N) is 2. The third kappa shape index (κ3) is 3.23. The first-order valence-electron chi connectivity index (χ1n) is 7.59. The third-order valence-electron chi connectivity index (χ3n) is 4.16. The fourth-order valence-electron chi connectivity index (χ4n) is 2.96. The van der Waals surface area contributed by atoms with E-state index in [0.717, 1.165) is 24.9 Å². The molecule has 0 aromatic carbocycles. The van der Waals surface area contributed by atoms with E-state index < -0.39 is 0 Å². The van der Waals surface area contributed by atoms with Crippen LogP contribution in [0.4, 0.5) is 4.79 Å². The van der Waals surface area contributed by atoms with Gasteiger partial charge < -0.3 is 15.0 Å². The van der Waals surface area contributed by atoms with Gasteiger partial charge in [-0.1, -0.05) is 0 Å². The summed E-state index contributed by atoms with van der Waals surface area (Å²) in [4.78, 5) is 17.9. The first-order valence-corrected chi connectivity index (χ1v) is 8.47. The summed E-state index contributed by atoms with van der Waals surface area (Å²) in [6, 6.07) is 4.74.